The number of alkyl halides is 2. The average Bonchev–Trinajstić information content (AvgIpc) is 2.33. The van der Waals surface area contributed by atoms with E-state index in [1.807, 2.05) is 13.8 Å². The van der Waals surface area contributed by atoms with Crippen LogP contribution in [0.15, 0.2) is 0 Å². The fraction of sp³-hybridized carbons (Fsp3) is 1.00. The highest BCUT2D eigenvalue weighted by Gasteiger charge is 2.70. The lowest BCUT2D eigenvalue weighted by Gasteiger charge is -2.14. The molecule has 0 saturated heterocycles. The molecule has 0 bridgehead atoms. The van der Waals surface area contributed by atoms with E-state index in [1.165, 1.54) is 0 Å². The predicted octanol–water partition coefficient (Wildman–Crippen LogP) is 2.05. The molecule has 0 aromatic rings. The fourth-order valence-electron chi connectivity index (χ4n) is 1.62. The van der Waals surface area contributed by atoms with E-state index in [-0.39, 0.29) is 18.9 Å². The van der Waals surface area contributed by atoms with Gasteiger partial charge in [-0.15, -0.1) is 0 Å². The maximum absolute atomic E-state index is 12.7. The van der Waals surface area contributed by atoms with E-state index in [0.717, 1.165) is 0 Å². The number of aliphatic hydroxyl groups excluding tert-OH is 1. The van der Waals surface area contributed by atoms with Crippen LogP contribution in [0.3, 0.4) is 0 Å². The molecule has 1 fully saturated rings. The van der Waals surface area contributed by atoms with E-state index in [2.05, 4.69) is 0 Å². The first kappa shape index (κ1) is 8.91. The Bertz CT molecular complexity index is 156. The summed E-state index contributed by atoms with van der Waals surface area (Å²) in [5.41, 5.74) is -1.07. The number of rotatable bonds is 3. The van der Waals surface area contributed by atoms with Gasteiger partial charge in [0.1, 0.15) is 0 Å². The standard InChI is InChI=1S/C8H14F2O/c1-6(2)3-7(5-11)4-8(7,9)10/h6,11H,3-5H2,1-2H3/t7-/m0/s1. The van der Waals surface area contributed by atoms with Crippen molar-refractivity contribution < 1.29 is 13.9 Å². The van der Waals surface area contributed by atoms with E-state index in [4.69, 9.17) is 5.11 Å². The average molecular weight is 164 g/mol. The highest BCUT2D eigenvalue weighted by Crippen LogP contribution is 2.63. The van der Waals surface area contributed by atoms with Crippen LogP contribution < -0.4 is 0 Å². The van der Waals surface area contributed by atoms with Crippen LogP contribution in [0, 0.1) is 11.3 Å². The van der Waals surface area contributed by atoms with Crippen LogP contribution in [-0.2, 0) is 0 Å². The van der Waals surface area contributed by atoms with E-state index >= 15 is 0 Å². The second-order valence-electron chi connectivity index (χ2n) is 3.92. The Morgan fingerprint density at radius 3 is 2.00 bits per heavy atom. The SMILES string of the molecule is CC(C)C[C@@]1(CO)CC1(F)F. The van der Waals surface area contributed by atoms with E-state index in [0.29, 0.717) is 6.42 Å². The molecule has 1 aliphatic rings. The first-order valence-corrected chi connectivity index (χ1v) is 3.92. The van der Waals surface area contributed by atoms with Crippen molar-refractivity contribution in [1.29, 1.82) is 0 Å². The molecule has 0 unspecified atom stereocenters. The minimum Gasteiger partial charge on any atom is -0.396 e. The quantitative estimate of drug-likeness (QED) is 0.676. The Morgan fingerprint density at radius 1 is 1.45 bits per heavy atom. The third kappa shape index (κ3) is 1.39. The van der Waals surface area contributed by atoms with Crippen LogP contribution in [0.2, 0.25) is 0 Å². The molecular formula is C8H14F2O. The van der Waals surface area contributed by atoms with Gasteiger partial charge in [-0.2, -0.15) is 0 Å². The summed E-state index contributed by atoms with van der Waals surface area (Å²) in [4.78, 5) is 0. The summed E-state index contributed by atoms with van der Waals surface area (Å²) in [5.74, 6) is -2.37. The Kier molecular flexibility index (Phi) is 1.95. The van der Waals surface area contributed by atoms with Crippen LogP contribution in [0.4, 0.5) is 8.78 Å². The van der Waals surface area contributed by atoms with Gasteiger partial charge in [-0.1, -0.05) is 13.8 Å². The van der Waals surface area contributed by atoms with Crippen molar-refractivity contribution in [3.63, 3.8) is 0 Å². The maximum Gasteiger partial charge on any atom is 0.256 e. The lowest BCUT2D eigenvalue weighted by molar-refractivity contribution is 0.0273. The first-order chi connectivity index (χ1) is 4.93. The van der Waals surface area contributed by atoms with Gasteiger partial charge in [0.2, 0.25) is 0 Å². The lowest BCUT2D eigenvalue weighted by Crippen LogP contribution is -2.18. The number of aliphatic hydroxyl groups is 1. The molecule has 1 nitrogen and oxygen atoms in total. The van der Waals surface area contributed by atoms with Gasteiger partial charge in [0.25, 0.3) is 5.92 Å². The zero-order chi connectivity index (χ0) is 8.70. The number of hydrogen-bond donors (Lipinski definition) is 1. The molecule has 11 heavy (non-hydrogen) atoms. The van der Waals surface area contributed by atoms with Crippen LogP contribution >= 0.6 is 0 Å². The smallest absolute Gasteiger partial charge is 0.256 e. The summed E-state index contributed by atoms with van der Waals surface area (Å²) in [7, 11) is 0. The van der Waals surface area contributed by atoms with Gasteiger partial charge in [-0.3, -0.25) is 0 Å². The van der Waals surface area contributed by atoms with Gasteiger partial charge in [0, 0.05) is 6.42 Å². The van der Waals surface area contributed by atoms with Crippen molar-refractivity contribution in [2.24, 2.45) is 11.3 Å². The summed E-state index contributed by atoms with van der Waals surface area (Å²) in [5, 5.41) is 8.76. The van der Waals surface area contributed by atoms with Crippen molar-refractivity contribution in [3.8, 4) is 0 Å². The van der Waals surface area contributed by atoms with Gasteiger partial charge >= 0.3 is 0 Å². The summed E-state index contributed by atoms with van der Waals surface area (Å²) in [6.07, 6.45) is 0.297. The van der Waals surface area contributed by atoms with Crippen molar-refractivity contribution in [2.75, 3.05) is 6.61 Å². The Morgan fingerprint density at radius 2 is 1.91 bits per heavy atom. The normalized spacial score (nSPS) is 34.4. The van der Waals surface area contributed by atoms with Crippen LogP contribution in [-0.4, -0.2) is 17.6 Å². The molecule has 1 rings (SSSR count). The zero-order valence-electron chi connectivity index (χ0n) is 6.90. The molecule has 0 radical (unpaired) electrons. The molecule has 0 spiro atoms. The molecule has 3 heteroatoms. The monoisotopic (exact) mass is 164 g/mol. The van der Waals surface area contributed by atoms with Gasteiger partial charge < -0.3 is 5.11 Å². The molecule has 1 saturated carbocycles. The number of hydrogen-bond acceptors (Lipinski definition) is 1. The molecule has 0 heterocycles. The second-order valence-corrected chi connectivity index (χ2v) is 3.92. The first-order valence-electron chi connectivity index (χ1n) is 3.92. The highest BCUT2D eigenvalue weighted by molar-refractivity contribution is 5.09. The van der Waals surface area contributed by atoms with Crippen LogP contribution in [0.1, 0.15) is 26.7 Å². The van der Waals surface area contributed by atoms with Gasteiger partial charge in [0.05, 0.1) is 12.0 Å². The van der Waals surface area contributed by atoms with E-state index in [1.54, 1.807) is 0 Å². The molecule has 0 aromatic carbocycles. The highest BCUT2D eigenvalue weighted by atomic mass is 19.3. The lowest BCUT2D eigenvalue weighted by atomic mass is 9.94. The van der Waals surface area contributed by atoms with Crippen molar-refractivity contribution in [2.45, 2.75) is 32.6 Å². The second kappa shape index (κ2) is 2.41. The minimum atomic E-state index is -2.61. The van der Waals surface area contributed by atoms with Gasteiger partial charge in [-0.05, 0) is 12.3 Å². The van der Waals surface area contributed by atoms with Crippen molar-refractivity contribution in [1.82, 2.24) is 0 Å². The molecule has 0 amide bonds. The summed E-state index contributed by atoms with van der Waals surface area (Å²) >= 11 is 0. The molecule has 66 valence electrons. The Labute approximate surface area is 65.4 Å². The van der Waals surface area contributed by atoms with Gasteiger partial charge in [0.15, 0.2) is 0 Å². The summed E-state index contributed by atoms with van der Waals surface area (Å²) < 4.78 is 25.3. The fourth-order valence-corrected chi connectivity index (χ4v) is 1.62. The van der Waals surface area contributed by atoms with Crippen LogP contribution in [0.25, 0.3) is 0 Å². The third-order valence-electron chi connectivity index (χ3n) is 2.31. The number of halogens is 2. The Hall–Kier alpha value is -0.180. The molecule has 1 N–H and O–H groups in total. The van der Waals surface area contributed by atoms with E-state index in [9.17, 15) is 8.78 Å². The summed E-state index contributed by atoms with van der Waals surface area (Å²) in [6, 6.07) is 0. The largest absolute Gasteiger partial charge is 0.396 e. The molecule has 1 aliphatic carbocycles. The minimum absolute atomic E-state index is 0.130. The molecule has 0 aromatic heterocycles. The zero-order valence-corrected chi connectivity index (χ0v) is 6.90. The molecular weight excluding hydrogens is 150 g/mol. The van der Waals surface area contributed by atoms with Crippen LogP contribution in [0.5, 0.6) is 0 Å². The topological polar surface area (TPSA) is 20.2 Å². The third-order valence-corrected chi connectivity index (χ3v) is 2.31. The summed E-state index contributed by atoms with van der Waals surface area (Å²) in [6.45, 7) is 3.41. The maximum atomic E-state index is 12.7. The molecule has 0 aliphatic heterocycles. The predicted molar refractivity (Wildman–Crippen MR) is 38.5 cm³/mol. The van der Waals surface area contributed by atoms with Gasteiger partial charge in [-0.25, -0.2) is 8.78 Å². The van der Waals surface area contributed by atoms with E-state index < -0.39 is 11.3 Å². The van der Waals surface area contributed by atoms with Crippen molar-refractivity contribution >= 4 is 0 Å². The molecule has 1 atom stereocenters. The Balaban J connectivity index is 2.53. The van der Waals surface area contributed by atoms with Crippen molar-refractivity contribution in [3.05, 3.63) is 0 Å².